The Morgan fingerprint density at radius 3 is 2.64 bits per heavy atom. The van der Waals surface area contributed by atoms with Crippen LogP contribution in [0.25, 0.3) is 0 Å². The number of rotatable bonds is 6. The van der Waals surface area contributed by atoms with Gasteiger partial charge in [0.15, 0.2) is 4.33 Å². The van der Waals surface area contributed by atoms with Crippen LogP contribution in [-0.2, 0) is 9.53 Å². The quantitative estimate of drug-likeness (QED) is 0.612. The van der Waals surface area contributed by atoms with Crippen LogP contribution >= 0.6 is 23.2 Å². The molecule has 0 aromatic carbocycles. The Labute approximate surface area is 76.8 Å². The third-order valence-corrected chi connectivity index (χ3v) is 1.83. The fraction of sp³-hybridized carbons (Fsp3) is 0.857. The van der Waals surface area contributed by atoms with Crippen molar-refractivity contribution in [1.29, 1.82) is 0 Å². The van der Waals surface area contributed by atoms with Gasteiger partial charge in [-0.3, -0.25) is 0 Å². The lowest BCUT2D eigenvalue weighted by Crippen LogP contribution is -2.20. The minimum atomic E-state index is -0.937. The summed E-state index contributed by atoms with van der Waals surface area (Å²) in [6, 6.07) is 0. The topological polar surface area (TPSA) is 26.3 Å². The number of hydrogen-bond donors (Lipinski definition) is 0. The van der Waals surface area contributed by atoms with Gasteiger partial charge in [0.1, 0.15) is 6.61 Å². The van der Waals surface area contributed by atoms with E-state index in [9.17, 15) is 4.79 Å². The smallest absolute Gasteiger partial charge is 0.417 e. The molecule has 0 saturated carbocycles. The molecular weight excluding hydrogens is 187 g/mol. The lowest BCUT2D eigenvalue weighted by molar-refractivity contribution is 0.260. The molecule has 0 bridgehead atoms. The summed E-state index contributed by atoms with van der Waals surface area (Å²) in [6.07, 6.45) is 2.58. The molecule has 65 valence electrons. The van der Waals surface area contributed by atoms with Gasteiger partial charge in [-0.2, -0.15) is 0 Å². The van der Waals surface area contributed by atoms with E-state index in [1.807, 2.05) is 6.92 Å². The van der Waals surface area contributed by atoms with Crippen molar-refractivity contribution in [2.24, 2.45) is 0 Å². The molecule has 0 aliphatic carbocycles. The molecule has 0 fully saturated rings. The highest BCUT2D eigenvalue weighted by Crippen LogP contribution is 2.27. The predicted octanol–water partition coefficient (Wildman–Crippen LogP) is 2.43. The number of ether oxygens (including phenoxy) is 1. The Morgan fingerprint density at radius 1 is 1.55 bits per heavy atom. The van der Waals surface area contributed by atoms with Crippen LogP contribution in [0, 0.1) is 0 Å². The molecule has 11 heavy (non-hydrogen) atoms. The Morgan fingerprint density at radius 2 is 2.18 bits per heavy atom. The fourth-order valence-electron chi connectivity index (χ4n) is 0.643. The van der Waals surface area contributed by atoms with E-state index < -0.39 is 4.33 Å². The van der Waals surface area contributed by atoms with E-state index >= 15 is 0 Å². The van der Waals surface area contributed by atoms with Crippen LogP contribution in [0.3, 0.4) is 0 Å². The average molecular weight is 198 g/mol. The van der Waals surface area contributed by atoms with E-state index in [1.165, 1.54) is 6.47 Å². The van der Waals surface area contributed by atoms with Crippen molar-refractivity contribution >= 4 is 29.7 Å². The lowest BCUT2D eigenvalue weighted by atomic mass is 10.2. The van der Waals surface area contributed by atoms with E-state index in [4.69, 9.17) is 23.2 Å². The Bertz CT molecular complexity index is 115. The first-order chi connectivity index (χ1) is 5.12. The summed E-state index contributed by atoms with van der Waals surface area (Å²) in [4.78, 5) is 9.66. The van der Waals surface area contributed by atoms with Crippen molar-refractivity contribution in [3.8, 4) is 0 Å². The van der Waals surface area contributed by atoms with Crippen LogP contribution in [-0.4, -0.2) is 17.4 Å². The van der Waals surface area contributed by atoms with Crippen molar-refractivity contribution in [2.45, 2.75) is 30.5 Å². The van der Waals surface area contributed by atoms with E-state index in [1.54, 1.807) is 0 Å². The molecule has 0 amide bonds. The highest BCUT2D eigenvalue weighted by atomic mass is 35.5. The van der Waals surface area contributed by atoms with Gasteiger partial charge >= 0.3 is 6.47 Å². The second kappa shape index (κ2) is 5.67. The molecule has 0 rings (SSSR count). The van der Waals surface area contributed by atoms with Gasteiger partial charge in [0.25, 0.3) is 0 Å². The minimum Gasteiger partial charge on any atom is -0.454 e. The monoisotopic (exact) mass is 197 g/mol. The average Bonchev–Trinajstić information content (AvgIpc) is 1.97. The summed E-state index contributed by atoms with van der Waals surface area (Å²) in [6.45, 7) is 3.33. The maximum absolute atomic E-state index is 9.66. The molecule has 0 heterocycles. The summed E-state index contributed by atoms with van der Waals surface area (Å²) in [5.41, 5.74) is 0. The second-order valence-electron chi connectivity index (χ2n) is 2.33. The Balaban J connectivity index is 3.51. The van der Waals surface area contributed by atoms with Gasteiger partial charge in [0, 0.05) is 0 Å². The molecule has 0 N–H and O–H groups in total. The molecular formula is C7H11Cl2O2. The lowest BCUT2D eigenvalue weighted by Gasteiger charge is -2.16. The summed E-state index contributed by atoms with van der Waals surface area (Å²) >= 11 is 11.5. The zero-order chi connectivity index (χ0) is 8.74. The van der Waals surface area contributed by atoms with Crippen LogP contribution in [0.1, 0.15) is 26.2 Å². The van der Waals surface area contributed by atoms with Gasteiger partial charge in [-0.15, -0.1) is 0 Å². The predicted molar refractivity (Wildman–Crippen MR) is 45.6 cm³/mol. The molecule has 0 atom stereocenters. The molecule has 1 radical (unpaired) electrons. The van der Waals surface area contributed by atoms with Crippen molar-refractivity contribution in [2.75, 3.05) is 6.61 Å². The van der Waals surface area contributed by atoms with Gasteiger partial charge in [-0.1, -0.05) is 43.0 Å². The highest BCUT2D eigenvalue weighted by molar-refractivity contribution is 6.48. The summed E-state index contributed by atoms with van der Waals surface area (Å²) in [5.74, 6) is 0. The van der Waals surface area contributed by atoms with E-state index in [0.717, 1.165) is 12.8 Å². The SMILES string of the molecule is CCCCC(Cl)(Cl)CO[C]=O. The molecule has 0 spiro atoms. The highest BCUT2D eigenvalue weighted by Gasteiger charge is 2.23. The van der Waals surface area contributed by atoms with Crippen molar-refractivity contribution in [3.05, 3.63) is 0 Å². The van der Waals surface area contributed by atoms with Crippen LogP contribution in [0.4, 0.5) is 0 Å². The largest absolute Gasteiger partial charge is 0.454 e. The van der Waals surface area contributed by atoms with Crippen molar-refractivity contribution in [1.82, 2.24) is 0 Å². The van der Waals surface area contributed by atoms with Gasteiger partial charge in [-0.25, -0.2) is 4.79 Å². The summed E-state index contributed by atoms with van der Waals surface area (Å²) in [5, 5.41) is 0. The minimum absolute atomic E-state index is 0.0135. The fourth-order valence-corrected chi connectivity index (χ4v) is 1.02. The van der Waals surface area contributed by atoms with Crippen LogP contribution in [0.5, 0.6) is 0 Å². The van der Waals surface area contributed by atoms with Gasteiger partial charge in [0.2, 0.25) is 0 Å². The maximum Gasteiger partial charge on any atom is 0.417 e. The van der Waals surface area contributed by atoms with Crippen LogP contribution in [0.2, 0.25) is 0 Å². The van der Waals surface area contributed by atoms with E-state index in [2.05, 4.69) is 4.74 Å². The van der Waals surface area contributed by atoms with Crippen LogP contribution in [0.15, 0.2) is 0 Å². The van der Waals surface area contributed by atoms with E-state index in [0.29, 0.717) is 6.42 Å². The number of unbranched alkanes of at least 4 members (excludes halogenated alkanes) is 1. The third-order valence-electron chi connectivity index (χ3n) is 1.24. The molecule has 0 aliphatic heterocycles. The number of alkyl halides is 2. The van der Waals surface area contributed by atoms with Crippen LogP contribution < -0.4 is 0 Å². The van der Waals surface area contributed by atoms with Gasteiger partial charge in [-0.05, 0) is 6.42 Å². The summed E-state index contributed by atoms with van der Waals surface area (Å²) in [7, 11) is 0. The Hall–Kier alpha value is 0.0500. The van der Waals surface area contributed by atoms with Crippen molar-refractivity contribution < 1.29 is 9.53 Å². The molecule has 0 aromatic rings. The third kappa shape index (κ3) is 6.45. The first-order valence-corrected chi connectivity index (χ1v) is 4.25. The van der Waals surface area contributed by atoms with Gasteiger partial charge in [0.05, 0.1) is 0 Å². The second-order valence-corrected chi connectivity index (χ2v) is 3.97. The zero-order valence-electron chi connectivity index (χ0n) is 6.40. The first-order valence-electron chi connectivity index (χ1n) is 3.49. The Kier molecular flexibility index (Phi) is 5.69. The summed E-state index contributed by atoms with van der Waals surface area (Å²) < 4.78 is 3.39. The molecule has 4 heteroatoms. The standard InChI is InChI=1S/C7H11Cl2O2/c1-2-3-4-7(8,9)5-11-6-10/h2-5H2,1H3. The van der Waals surface area contributed by atoms with Crippen molar-refractivity contribution in [3.63, 3.8) is 0 Å². The number of hydrogen-bond acceptors (Lipinski definition) is 2. The number of halogens is 2. The molecule has 2 nitrogen and oxygen atoms in total. The zero-order valence-corrected chi connectivity index (χ0v) is 7.91. The number of carbonyl (C=O) groups excluding carboxylic acids is 1. The maximum atomic E-state index is 9.66. The molecule has 0 saturated heterocycles. The molecule has 0 aromatic heterocycles. The first kappa shape index (κ1) is 11.1. The molecule has 0 unspecified atom stereocenters. The van der Waals surface area contributed by atoms with Gasteiger partial charge < -0.3 is 4.74 Å². The normalized spacial score (nSPS) is 11.2. The van der Waals surface area contributed by atoms with E-state index in [-0.39, 0.29) is 6.61 Å². The molecule has 0 aliphatic rings.